The smallest absolute Gasteiger partial charge is 0.145 e. The van der Waals surface area contributed by atoms with Gasteiger partial charge < -0.3 is 20.1 Å². The summed E-state index contributed by atoms with van der Waals surface area (Å²) in [5.41, 5.74) is 0. The van der Waals surface area contributed by atoms with E-state index >= 15 is 0 Å². The van der Waals surface area contributed by atoms with E-state index in [1.165, 1.54) is 0 Å². The van der Waals surface area contributed by atoms with Gasteiger partial charge in [0, 0.05) is 22.9 Å². The van der Waals surface area contributed by atoms with Crippen LogP contribution in [0.2, 0.25) is 0 Å². The first-order valence-electron chi connectivity index (χ1n) is 3.19. The van der Waals surface area contributed by atoms with Crippen molar-refractivity contribution in [2.45, 2.75) is 24.5 Å². The number of rotatable bonds is 2. The van der Waals surface area contributed by atoms with E-state index in [-0.39, 0.29) is 6.61 Å². The Balaban J connectivity index is 2.53. The van der Waals surface area contributed by atoms with Crippen molar-refractivity contribution in [1.29, 1.82) is 0 Å². The lowest BCUT2D eigenvalue weighted by Crippen LogP contribution is -2.37. The van der Waals surface area contributed by atoms with Crippen LogP contribution in [0.15, 0.2) is 0 Å². The van der Waals surface area contributed by atoms with Crippen LogP contribution in [0, 0.1) is 0 Å². The van der Waals surface area contributed by atoms with Gasteiger partial charge in [0.2, 0.25) is 0 Å². The van der Waals surface area contributed by atoms with E-state index in [4.69, 9.17) is 9.84 Å². The third kappa shape index (κ3) is 1.82. The SMILES string of the molecule is OC[C@H]1O[C@@H](NI)[C@H](O)[C@@H]1O. The molecule has 6 heteroatoms. The van der Waals surface area contributed by atoms with Gasteiger partial charge in [-0.25, -0.2) is 3.53 Å². The van der Waals surface area contributed by atoms with E-state index in [1.807, 2.05) is 22.9 Å². The molecule has 0 aromatic heterocycles. The van der Waals surface area contributed by atoms with Gasteiger partial charge in [0.15, 0.2) is 0 Å². The summed E-state index contributed by atoms with van der Waals surface area (Å²) in [6.07, 6.45) is -3.25. The third-order valence-corrected chi connectivity index (χ3v) is 2.26. The zero-order chi connectivity index (χ0) is 8.43. The van der Waals surface area contributed by atoms with Gasteiger partial charge in [0.05, 0.1) is 6.61 Å². The van der Waals surface area contributed by atoms with Gasteiger partial charge >= 0.3 is 0 Å². The third-order valence-electron chi connectivity index (χ3n) is 1.65. The van der Waals surface area contributed by atoms with Crippen LogP contribution >= 0.6 is 22.9 Å². The highest BCUT2D eigenvalue weighted by Crippen LogP contribution is 2.19. The lowest BCUT2D eigenvalue weighted by Gasteiger charge is -2.11. The second-order valence-corrected chi connectivity index (χ2v) is 2.99. The van der Waals surface area contributed by atoms with E-state index < -0.39 is 24.5 Å². The monoisotopic (exact) mass is 275 g/mol. The number of hydrogen-bond acceptors (Lipinski definition) is 5. The number of hydrogen-bond donors (Lipinski definition) is 4. The molecule has 11 heavy (non-hydrogen) atoms. The number of aliphatic hydroxyl groups is 3. The average molecular weight is 275 g/mol. The molecule has 1 aliphatic heterocycles. The highest BCUT2D eigenvalue weighted by atomic mass is 127. The molecule has 0 saturated carbocycles. The minimum Gasteiger partial charge on any atom is -0.394 e. The molecule has 0 aromatic carbocycles. The fraction of sp³-hybridized carbons (Fsp3) is 1.00. The number of aliphatic hydroxyl groups excluding tert-OH is 3. The van der Waals surface area contributed by atoms with Crippen molar-refractivity contribution in [3.8, 4) is 0 Å². The molecule has 0 amide bonds. The Bertz CT molecular complexity index is 118. The van der Waals surface area contributed by atoms with Crippen LogP contribution in [0.3, 0.4) is 0 Å². The van der Waals surface area contributed by atoms with Crippen LogP contribution in [0.1, 0.15) is 0 Å². The Labute approximate surface area is 77.9 Å². The zero-order valence-electron chi connectivity index (χ0n) is 5.64. The number of halogens is 1. The maximum Gasteiger partial charge on any atom is 0.145 e. The lowest BCUT2D eigenvalue weighted by molar-refractivity contribution is -0.0227. The second kappa shape index (κ2) is 3.97. The molecular weight excluding hydrogens is 265 g/mol. The molecule has 0 spiro atoms. The van der Waals surface area contributed by atoms with Gasteiger partial charge in [0.1, 0.15) is 24.5 Å². The van der Waals surface area contributed by atoms with Gasteiger partial charge in [-0.2, -0.15) is 0 Å². The quantitative estimate of drug-likeness (QED) is 0.359. The summed E-state index contributed by atoms with van der Waals surface area (Å²) in [5, 5.41) is 27.0. The largest absolute Gasteiger partial charge is 0.394 e. The van der Waals surface area contributed by atoms with Crippen molar-refractivity contribution < 1.29 is 20.1 Å². The van der Waals surface area contributed by atoms with Crippen LogP contribution < -0.4 is 3.53 Å². The zero-order valence-corrected chi connectivity index (χ0v) is 7.80. The van der Waals surface area contributed by atoms with Crippen molar-refractivity contribution in [2.24, 2.45) is 0 Å². The van der Waals surface area contributed by atoms with Crippen molar-refractivity contribution in [2.75, 3.05) is 6.61 Å². The van der Waals surface area contributed by atoms with Gasteiger partial charge in [-0.15, -0.1) is 0 Å². The lowest BCUT2D eigenvalue weighted by atomic mass is 10.1. The fourth-order valence-electron chi connectivity index (χ4n) is 0.990. The predicted octanol–water partition coefficient (Wildman–Crippen LogP) is -1.64. The minimum absolute atomic E-state index is 0.285. The standard InChI is InChI=1S/C5H10INO4/c6-7-5-4(10)3(9)2(1-8)11-5/h2-5,7-10H,1H2/t2-,3-,4-,5-/m1/s1. The second-order valence-electron chi connectivity index (χ2n) is 2.37. The van der Waals surface area contributed by atoms with Crippen LogP contribution in [-0.2, 0) is 4.74 Å². The molecule has 1 rings (SSSR count). The predicted molar refractivity (Wildman–Crippen MR) is 44.9 cm³/mol. The molecule has 1 fully saturated rings. The van der Waals surface area contributed by atoms with E-state index in [0.29, 0.717) is 0 Å². The molecular formula is C5H10INO4. The van der Waals surface area contributed by atoms with E-state index in [9.17, 15) is 10.2 Å². The van der Waals surface area contributed by atoms with Crippen molar-refractivity contribution >= 4 is 22.9 Å². The molecule has 4 N–H and O–H groups in total. The summed E-state index contributed by atoms with van der Waals surface area (Å²) >= 11 is 1.81. The molecule has 0 unspecified atom stereocenters. The van der Waals surface area contributed by atoms with E-state index in [1.54, 1.807) is 0 Å². The summed E-state index contributed by atoms with van der Waals surface area (Å²) in [5.74, 6) is 0. The Morgan fingerprint density at radius 3 is 2.27 bits per heavy atom. The van der Waals surface area contributed by atoms with Crippen LogP contribution in [0.5, 0.6) is 0 Å². The summed E-state index contributed by atoms with van der Waals surface area (Å²) in [7, 11) is 0. The Hall–Kier alpha value is 0.530. The highest BCUT2D eigenvalue weighted by Gasteiger charge is 2.41. The maximum atomic E-state index is 9.21. The highest BCUT2D eigenvalue weighted by molar-refractivity contribution is 14.1. The normalized spacial score (nSPS) is 44.7. The Morgan fingerprint density at radius 1 is 1.36 bits per heavy atom. The molecule has 1 heterocycles. The van der Waals surface area contributed by atoms with E-state index in [0.717, 1.165) is 0 Å². The molecule has 1 aliphatic rings. The topological polar surface area (TPSA) is 82.0 Å². The van der Waals surface area contributed by atoms with Crippen molar-refractivity contribution in [3.63, 3.8) is 0 Å². The molecule has 0 aliphatic carbocycles. The van der Waals surface area contributed by atoms with Crippen LogP contribution in [-0.4, -0.2) is 46.5 Å². The van der Waals surface area contributed by atoms with Gasteiger partial charge in [0.25, 0.3) is 0 Å². The summed E-state index contributed by atoms with van der Waals surface area (Å²) in [6, 6.07) is 0. The van der Waals surface area contributed by atoms with Gasteiger partial charge in [-0.05, 0) is 0 Å². The first-order chi connectivity index (χ1) is 5.20. The van der Waals surface area contributed by atoms with Crippen molar-refractivity contribution in [3.05, 3.63) is 0 Å². The fourth-order valence-corrected chi connectivity index (χ4v) is 1.50. The molecule has 5 nitrogen and oxygen atoms in total. The molecule has 0 radical (unpaired) electrons. The Kier molecular flexibility index (Phi) is 3.47. The molecule has 0 aromatic rings. The number of ether oxygens (including phenoxy) is 1. The van der Waals surface area contributed by atoms with E-state index in [2.05, 4.69) is 3.53 Å². The van der Waals surface area contributed by atoms with Crippen LogP contribution in [0.25, 0.3) is 0 Å². The maximum absolute atomic E-state index is 9.21. The average Bonchev–Trinajstić information content (AvgIpc) is 2.30. The summed E-state index contributed by atoms with van der Waals surface area (Å²) in [6.45, 7) is -0.285. The summed E-state index contributed by atoms with van der Waals surface area (Å²) in [4.78, 5) is 0. The van der Waals surface area contributed by atoms with Gasteiger partial charge in [-0.1, -0.05) is 0 Å². The molecule has 0 bridgehead atoms. The Morgan fingerprint density at radius 2 is 2.00 bits per heavy atom. The first-order valence-corrected chi connectivity index (χ1v) is 4.27. The molecule has 1 saturated heterocycles. The molecule has 66 valence electrons. The van der Waals surface area contributed by atoms with Crippen molar-refractivity contribution in [1.82, 2.24) is 3.53 Å². The van der Waals surface area contributed by atoms with Gasteiger partial charge in [-0.3, -0.25) is 0 Å². The first kappa shape index (κ1) is 9.62. The van der Waals surface area contributed by atoms with Crippen LogP contribution in [0.4, 0.5) is 0 Å². The molecule has 4 atom stereocenters. The number of nitrogens with one attached hydrogen (secondary N) is 1. The summed E-state index contributed by atoms with van der Waals surface area (Å²) < 4.78 is 7.65. The minimum atomic E-state index is -1.01.